The average molecular weight is 170 g/mol. The van der Waals surface area contributed by atoms with Crippen LogP contribution in [0.2, 0.25) is 0 Å². The highest BCUT2D eigenvalue weighted by Gasteiger charge is 2.45. The quantitative estimate of drug-likeness (QED) is 0.645. The minimum Gasteiger partial charge on any atom is -0.355 e. The normalized spacial score (nSPS) is 25.1. The van der Waals surface area contributed by atoms with Gasteiger partial charge in [-0.1, -0.05) is 13.8 Å². The van der Waals surface area contributed by atoms with Crippen LogP contribution >= 0.6 is 0 Å². The lowest BCUT2D eigenvalue weighted by Crippen LogP contribution is -2.35. The van der Waals surface area contributed by atoms with E-state index in [1.54, 1.807) is 0 Å². The zero-order chi connectivity index (χ0) is 9.19. The summed E-state index contributed by atoms with van der Waals surface area (Å²) in [6.45, 7) is 7.53. The Hall–Kier alpha value is -0.570. The monoisotopic (exact) mass is 170 g/mol. The average Bonchev–Trinajstić information content (AvgIpc) is 2.56. The highest BCUT2D eigenvalue weighted by Crippen LogP contribution is 2.44. The van der Waals surface area contributed by atoms with Gasteiger partial charge in [0.1, 0.15) is 0 Å². The van der Waals surface area contributed by atoms with Gasteiger partial charge in [0.25, 0.3) is 0 Å². The van der Waals surface area contributed by atoms with Crippen LogP contribution in [0.3, 0.4) is 0 Å². The highest BCUT2D eigenvalue weighted by molar-refractivity contribution is 5.77. The molecule has 1 amide bonds. The topological polar surface area (TPSA) is 41.1 Å². The number of carbonyl (C=O) groups excluding carboxylic acids is 1. The Balaban J connectivity index is 2.07. The first-order valence-corrected chi connectivity index (χ1v) is 4.56. The van der Waals surface area contributed by atoms with E-state index in [0.717, 1.165) is 0 Å². The van der Waals surface area contributed by atoms with Crippen LogP contribution in [0.15, 0.2) is 0 Å². The second-order valence-electron chi connectivity index (χ2n) is 4.08. The lowest BCUT2D eigenvalue weighted by molar-refractivity contribution is -0.120. The molecule has 1 aliphatic rings. The molecule has 3 nitrogen and oxygen atoms in total. The Morgan fingerprint density at radius 3 is 2.58 bits per heavy atom. The fourth-order valence-electron chi connectivity index (χ4n) is 1.29. The SMILES string of the molecule is CCNC(=O)CNC1CC1(C)C. The molecule has 1 aliphatic carbocycles. The van der Waals surface area contributed by atoms with Gasteiger partial charge in [0, 0.05) is 12.6 Å². The van der Waals surface area contributed by atoms with Gasteiger partial charge >= 0.3 is 0 Å². The summed E-state index contributed by atoms with van der Waals surface area (Å²) in [5, 5.41) is 5.97. The second kappa shape index (κ2) is 3.44. The third kappa shape index (κ3) is 2.48. The fourth-order valence-corrected chi connectivity index (χ4v) is 1.29. The van der Waals surface area contributed by atoms with E-state index in [2.05, 4.69) is 24.5 Å². The second-order valence-corrected chi connectivity index (χ2v) is 4.08. The van der Waals surface area contributed by atoms with Crippen molar-refractivity contribution in [2.45, 2.75) is 33.2 Å². The molecule has 0 spiro atoms. The third-order valence-corrected chi connectivity index (χ3v) is 2.40. The fraction of sp³-hybridized carbons (Fsp3) is 0.889. The highest BCUT2D eigenvalue weighted by atomic mass is 16.1. The molecule has 1 unspecified atom stereocenters. The lowest BCUT2D eigenvalue weighted by atomic mass is 10.2. The Morgan fingerprint density at radius 1 is 1.58 bits per heavy atom. The van der Waals surface area contributed by atoms with Crippen molar-refractivity contribution in [2.24, 2.45) is 5.41 Å². The summed E-state index contributed by atoms with van der Waals surface area (Å²) >= 11 is 0. The predicted octanol–water partition coefficient (Wildman–Crippen LogP) is 0.511. The van der Waals surface area contributed by atoms with E-state index in [4.69, 9.17) is 0 Å². The van der Waals surface area contributed by atoms with Crippen molar-refractivity contribution in [3.05, 3.63) is 0 Å². The van der Waals surface area contributed by atoms with Gasteiger partial charge in [-0.15, -0.1) is 0 Å². The summed E-state index contributed by atoms with van der Waals surface area (Å²) in [4.78, 5) is 11.0. The molecule has 0 bridgehead atoms. The number of hydrogen-bond acceptors (Lipinski definition) is 2. The zero-order valence-electron chi connectivity index (χ0n) is 8.11. The van der Waals surface area contributed by atoms with Crippen LogP contribution in [0, 0.1) is 5.41 Å². The van der Waals surface area contributed by atoms with E-state index in [1.165, 1.54) is 6.42 Å². The molecule has 1 fully saturated rings. The van der Waals surface area contributed by atoms with Crippen LogP contribution in [-0.2, 0) is 4.79 Å². The van der Waals surface area contributed by atoms with E-state index >= 15 is 0 Å². The summed E-state index contributed by atoms with van der Waals surface area (Å²) in [7, 11) is 0. The molecule has 0 aromatic heterocycles. The Morgan fingerprint density at radius 2 is 2.17 bits per heavy atom. The number of nitrogens with one attached hydrogen (secondary N) is 2. The number of rotatable bonds is 4. The van der Waals surface area contributed by atoms with Gasteiger partial charge in [0.2, 0.25) is 5.91 Å². The standard InChI is InChI=1S/C9H18N2O/c1-4-10-8(12)6-11-7-5-9(7,2)3/h7,11H,4-6H2,1-3H3,(H,10,12). The first kappa shape index (κ1) is 9.52. The van der Waals surface area contributed by atoms with Crippen molar-refractivity contribution in [1.29, 1.82) is 0 Å². The zero-order valence-corrected chi connectivity index (χ0v) is 8.11. The predicted molar refractivity (Wildman–Crippen MR) is 48.9 cm³/mol. The molecule has 0 aromatic carbocycles. The van der Waals surface area contributed by atoms with Crippen molar-refractivity contribution in [2.75, 3.05) is 13.1 Å². The molecule has 1 saturated carbocycles. The molecular formula is C9H18N2O. The molecule has 0 saturated heterocycles. The summed E-state index contributed by atoms with van der Waals surface area (Å²) in [5.41, 5.74) is 0.409. The molecule has 70 valence electrons. The molecule has 0 aromatic rings. The van der Waals surface area contributed by atoms with Gasteiger partial charge in [-0.3, -0.25) is 4.79 Å². The summed E-state index contributed by atoms with van der Waals surface area (Å²) in [6, 6.07) is 0.542. The number of carbonyl (C=O) groups is 1. The molecule has 0 heterocycles. The van der Waals surface area contributed by atoms with Gasteiger partial charge in [0.15, 0.2) is 0 Å². The van der Waals surface area contributed by atoms with E-state index < -0.39 is 0 Å². The molecule has 0 aliphatic heterocycles. The Bertz CT molecular complexity index is 177. The molecule has 1 rings (SSSR count). The van der Waals surface area contributed by atoms with E-state index in [1.807, 2.05) is 6.92 Å². The number of hydrogen-bond donors (Lipinski definition) is 2. The van der Waals surface area contributed by atoms with Gasteiger partial charge in [-0.2, -0.15) is 0 Å². The van der Waals surface area contributed by atoms with E-state index in [9.17, 15) is 4.79 Å². The third-order valence-electron chi connectivity index (χ3n) is 2.40. The van der Waals surface area contributed by atoms with Gasteiger partial charge in [-0.25, -0.2) is 0 Å². The van der Waals surface area contributed by atoms with Crippen molar-refractivity contribution in [1.82, 2.24) is 10.6 Å². The lowest BCUT2D eigenvalue weighted by Gasteiger charge is -2.05. The Kier molecular flexibility index (Phi) is 2.73. The summed E-state index contributed by atoms with van der Waals surface area (Å²) < 4.78 is 0. The maximum absolute atomic E-state index is 11.0. The largest absolute Gasteiger partial charge is 0.355 e. The Labute approximate surface area is 73.9 Å². The minimum absolute atomic E-state index is 0.0974. The maximum Gasteiger partial charge on any atom is 0.233 e. The van der Waals surface area contributed by atoms with Crippen LogP contribution in [-0.4, -0.2) is 25.0 Å². The van der Waals surface area contributed by atoms with Crippen LogP contribution in [0.1, 0.15) is 27.2 Å². The minimum atomic E-state index is 0.0974. The van der Waals surface area contributed by atoms with Crippen LogP contribution < -0.4 is 10.6 Å². The molecule has 1 atom stereocenters. The van der Waals surface area contributed by atoms with Gasteiger partial charge < -0.3 is 10.6 Å². The number of amides is 1. The first-order chi connectivity index (χ1) is 5.56. The molecule has 2 N–H and O–H groups in total. The molecule has 0 radical (unpaired) electrons. The van der Waals surface area contributed by atoms with Crippen LogP contribution in [0.25, 0.3) is 0 Å². The van der Waals surface area contributed by atoms with Crippen molar-refractivity contribution in [3.63, 3.8) is 0 Å². The van der Waals surface area contributed by atoms with E-state index in [0.29, 0.717) is 24.5 Å². The number of likely N-dealkylation sites (N-methyl/N-ethyl adjacent to an activating group) is 1. The smallest absolute Gasteiger partial charge is 0.233 e. The van der Waals surface area contributed by atoms with Crippen molar-refractivity contribution < 1.29 is 4.79 Å². The van der Waals surface area contributed by atoms with Crippen LogP contribution in [0.4, 0.5) is 0 Å². The van der Waals surface area contributed by atoms with Gasteiger partial charge in [0.05, 0.1) is 6.54 Å². The maximum atomic E-state index is 11.0. The molecular weight excluding hydrogens is 152 g/mol. The van der Waals surface area contributed by atoms with Gasteiger partial charge in [-0.05, 0) is 18.8 Å². The van der Waals surface area contributed by atoms with Crippen molar-refractivity contribution >= 4 is 5.91 Å². The summed E-state index contributed by atoms with van der Waals surface area (Å²) in [5.74, 6) is 0.0974. The molecule has 12 heavy (non-hydrogen) atoms. The van der Waals surface area contributed by atoms with E-state index in [-0.39, 0.29) is 5.91 Å². The first-order valence-electron chi connectivity index (χ1n) is 4.56. The summed E-state index contributed by atoms with van der Waals surface area (Å²) in [6.07, 6.45) is 1.19. The molecule has 3 heteroatoms. The van der Waals surface area contributed by atoms with Crippen LogP contribution in [0.5, 0.6) is 0 Å². The van der Waals surface area contributed by atoms with Crippen molar-refractivity contribution in [3.8, 4) is 0 Å².